The van der Waals surface area contributed by atoms with E-state index < -0.39 is 0 Å². The van der Waals surface area contributed by atoms with E-state index in [0.717, 1.165) is 22.8 Å². The quantitative estimate of drug-likeness (QED) is 0.901. The Morgan fingerprint density at radius 2 is 1.89 bits per heavy atom. The van der Waals surface area contributed by atoms with Crippen LogP contribution in [0.25, 0.3) is 11.3 Å². The number of aromatic nitrogens is 1. The molecule has 1 aromatic heterocycles. The molecule has 2 aromatic rings. The van der Waals surface area contributed by atoms with Gasteiger partial charge in [0.1, 0.15) is 5.01 Å². The van der Waals surface area contributed by atoms with Crippen LogP contribution in [0.4, 0.5) is 0 Å². The fraction of sp³-hybridized carbons (Fsp3) is 0.400. The van der Waals surface area contributed by atoms with Gasteiger partial charge in [-0.3, -0.25) is 0 Å². The Morgan fingerprint density at radius 1 is 1.21 bits per heavy atom. The second-order valence-corrected chi connectivity index (χ2v) is 6.68. The molecule has 0 aliphatic carbocycles. The zero-order valence-corrected chi connectivity index (χ0v) is 12.4. The fourth-order valence-corrected chi connectivity index (χ4v) is 2.65. The molecule has 0 bridgehead atoms. The van der Waals surface area contributed by atoms with E-state index in [0.29, 0.717) is 0 Å². The molecule has 0 fully saturated rings. The Bertz CT molecular complexity index is 529. The summed E-state index contributed by atoms with van der Waals surface area (Å²) in [6, 6.07) is 10.1. The molecule has 2 N–H and O–H groups in total. The second-order valence-electron chi connectivity index (χ2n) is 5.51. The van der Waals surface area contributed by atoms with E-state index >= 15 is 0 Å². The molecule has 2 rings (SSSR count). The smallest absolute Gasteiger partial charge is 0.119 e. The van der Waals surface area contributed by atoms with Gasteiger partial charge < -0.3 is 10.4 Å². The molecule has 0 aliphatic heterocycles. The fourth-order valence-electron chi connectivity index (χ4n) is 1.75. The van der Waals surface area contributed by atoms with Gasteiger partial charge in [0.25, 0.3) is 0 Å². The number of nitrogens with zero attached hydrogens (tertiary/aromatic N) is 1. The third kappa shape index (κ3) is 3.86. The maximum Gasteiger partial charge on any atom is 0.119 e. The van der Waals surface area contributed by atoms with Crippen molar-refractivity contribution in [1.29, 1.82) is 0 Å². The molecular formula is C15H20N2OS. The van der Waals surface area contributed by atoms with E-state index in [1.165, 1.54) is 4.88 Å². The Balaban J connectivity index is 2.29. The summed E-state index contributed by atoms with van der Waals surface area (Å²) in [6.07, 6.45) is 0. The number of aliphatic hydroxyl groups excluding tert-OH is 1. The van der Waals surface area contributed by atoms with Crippen molar-refractivity contribution < 1.29 is 5.11 Å². The summed E-state index contributed by atoms with van der Waals surface area (Å²) in [6.45, 7) is 7.20. The van der Waals surface area contributed by atoms with Crippen LogP contribution in [-0.2, 0) is 13.2 Å². The topological polar surface area (TPSA) is 45.1 Å². The van der Waals surface area contributed by atoms with Crippen LogP contribution in [0.3, 0.4) is 0 Å². The number of hydrogen-bond acceptors (Lipinski definition) is 4. The Morgan fingerprint density at radius 3 is 2.47 bits per heavy atom. The van der Waals surface area contributed by atoms with Crippen LogP contribution in [0.1, 0.15) is 30.7 Å². The molecule has 0 saturated heterocycles. The largest absolute Gasteiger partial charge is 0.389 e. The lowest BCUT2D eigenvalue weighted by Crippen LogP contribution is -2.34. The van der Waals surface area contributed by atoms with Gasteiger partial charge in [-0.25, -0.2) is 4.98 Å². The molecule has 1 aromatic carbocycles. The van der Waals surface area contributed by atoms with Crippen LogP contribution in [0.5, 0.6) is 0 Å². The van der Waals surface area contributed by atoms with E-state index in [9.17, 15) is 5.11 Å². The number of benzene rings is 1. The Labute approximate surface area is 118 Å². The number of aliphatic hydroxyl groups is 1. The predicted octanol–water partition coefficient (Wildman–Crippen LogP) is 3.19. The van der Waals surface area contributed by atoms with Crippen LogP contribution in [0, 0.1) is 0 Å². The molecule has 0 aliphatic rings. The van der Waals surface area contributed by atoms with Gasteiger partial charge >= 0.3 is 0 Å². The standard InChI is InChI=1S/C15H20N2OS/c1-15(2,3)16-9-12-14(17-13(10-18)19-12)11-7-5-4-6-8-11/h4-8,16,18H,9-10H2,1-3H3. The first kappa shape index (κ1) is 14.2. The van der Waals surface area contributed by atoms with E-state index in [1.807, 2.05) is 18.2 Å². The van der Waals surface area contributed by atoms with Crippen LogP contribution in [0.2, 0.25) is 0 Å². The summed E-state index contributed by atoms with van der Waals surface area (Å²) in [5.74, 6) is 0. The summed E-state index contributed by atoms with van der Waals surface area (Å²) in [5, 5.41) is 13.5. The Hall–Kier alpha value is -1.23. The second kappa shape index (κ2) is 5.82. The molecule has 19 heavy (non-hydrogen) atoms. The number of thiazole rings is 1. The average molecular weight is 276 g/mol. The summed E-state index contributed by atoms with van der Waals surface area (Å²) >= 11 is 1.57. The van der Waals surface area contributed by atoms with Gasteiger partial charge in [0.2, 0.25) is 0 Å². The Kier molecular flexibility index (Phi) is 4.34. The molecule has 0 unspecified atom stereocenters. The zero-order chi connectivity index (χ0) is 13.9. The molecule has 0 amide bonds. The van der Waals surface area contributed by atoms with E-state index in [4.69, 9.17) is 0 Å². The molecule has 0 saturated carbocycles. The van der Waals surface area contributed by atoms with Crippen LogP contribution in [0.15, 0.2) is 30.3 Å². The minimum Gasteiger partial charge on any atom is -0.389 e. The normalized spacial score (nSPS) is 11.8. The van der Waals surface area contributed by atoms with E-state index in [-0.39, 0.29) is 12.1 Å². The lowest BCUT2D eigenvalue weighted by molar-refractivity contribution is 0.281. The maximum atomic E-state index is 9.28. The SMILES string of the molecule is CC(C)(C)NCc1sc(CO)nc1-c1ccccc1. The number of rotatable bonds is 4. The third-order valence-corrected chi connectivity index (χ3v) is 3.74. The van der Waals surface area contributed by atoms with Crippen molar-refractivity contribution in [2.45, 2.75) is 39.5 Å². The lowest BCUT2D eigenvalue weighted by atomic mass is 10.1. The summed E-state index contributed by atoms with van der Waals surface area (Å²) in [7, 11) is 0. The van der Waals surface area contributed by atoms with Crippen LogP contribution >= 0.6 is 11.3 Å². The summed E-state index contributed by atoms with van der Waals surface area (Å²) in [4.78, 5) is 5.70. The first-order valence-corrected chi connectivity index (χ1v) is 7.21. The third-order valence-electron chi connectivity index (χ3n) is 2.70. The number of nitrogens with one attached hydrogen (secondary N) is 1. The highest BCUT2D eigenvalue weighted by Gasteiger charge is 2.15. The van der Waals surface area contributed by atoms with Crippen LogP contribution < -0.4 is 5.32 Å². The molecule has 1 heterocycles. The van der Waals surface area contributed by atoms with Gasteiger partial charge in [0.15, 0.2) is 0 Å². The average Bonchev–Trinajstić information content (AvgIpc) is 2.80. The molecule has 4 heteroatoms. The minimum absolute atomic E-state index is 0.0000180. The highest BCUT2D eigenvalue weighted by molar-refractivity contribution is 7.12. The summed E-state index contributed by atoms with van der Waals surface area (Å²) < 4.78 is 0. The molecule has 0 spiro atoms. The monoisotopic (exact) mass is 276 g/mol. The molecule has 0 atom stereocenters. The van der Waals surface area contributed by atoms with Crippen molar-refractivity contribution in [2.24, 2.45) is 0 Å². The maximum absolute atomic E-state index is 9.28. The van der Waals surface area contributed by atoms with Gasteiger partial charge in [-0.15, -0.1) is 11.3 Å². The highest BCUT2D eigenvalue weighted by atomic mass is 32.1. The lowest BCUT2D eigenvalue weighted by Gasteiger charge is -2.20. The van der Waals surface area contributed by atoms with Crippen molar-refractivity contribution in [1.82, 2.24) is 10.3 Å². The van der Waals surface area contributed by atoms with E-state index in [2.05, 4.69) is 43.2 Å². The van der Waals surface area contributed by atoms with Gasteiger partial charge in [-0.05, 0) is 20.8 Å². The molecule has 102 valence electrons. The van der Waals surface area contributed by atoms with Gasteiger partial charge in [-0.1, -0.05) is 30.3 Å². The van der Waals surface area contributed by atoms with Crippen LogP contribution in [-0.4, -0.2) is 15.6 Å². The first-order valence-electron chi connectivity index (χ1n) is 6.39. The zero-order valence-electron chi connectivity index (χ0n) is 11.6. The van der Waals surface area contributed by atoms with Crippen molar-refractivity contribution >= 4 is 11.3 Å². The van der Waals surface area contributed by atoms with Crippen molar-refractivity contribution in [2.75, 3.05) is 0 Å². The van der Waals surface area contributed by atoms with Crippen molar-refractivity contribution in [3.05, 3.63) is 40.2 Å². The van der Waals surface area contributed by atoms with Gasteiger partial charge in [-0.2, -0.15) is 0 Å². The molecule has 3 nitrogen and oxygen atoms in total. The van der Waals surface area contributed by atoms with Gasteiger partial charge in [0.05, 0.1) is 12.3 Å². The first-order chi connectivity index (χ1) is 8.99. The van der Waals surface area contributed by atoms with Crippen molar-refractivity contribution in [3.63, 3.8) is 0 Å². The number of hydrogen-bond donors (Lipinski definition) is 2. The predicted molar refractivity (Wildman–Crippen MR) is 80.1 cm³/mol. The highest BCUT2D eigenvalue weighted by Crippen LogP contribution is 2.28. The molecule has 0 radical (unpaired) electrons. The van der Waals surface area contributed by atoms with Gasteiger partial charge in [0, 0.05) is 22.5 Å². The molecular weight excluding hydrogens is 256 g/mol. The van der Waals surface area contributed by atoms with E-state index in [1.54, 1.807) is 11.3 Å². The van der Waals surface area contributed by atoms with Crippen molar-refractivity contribution in [3.8, 4) is 11.3 Å². The minimum atomic E-state index is 0.0000180. The summed E-state index contributed by atoms with van der Waals surface area (Å²) in [5.41, 5.74) is 2.15.